The van der Waals surface area contributed by atoms with Gasteiger partial charge in [0.1, 0.15) is 17.1 Å². The predicted octanol–water partition coefficient (Wildman–Crippen LogP) is 3.95. The Hall–Kier alpha value is -1.75. The number of hydrogen-bond acceptors (Lipinski definition) is 5. The van der Waals surface area contributed by atoms with Crippen molar-refractivity contribution in [1.29, 1.82) is 0 Å². The van der Waals surface area contributed by atoms with E-state index in [0.717, 1.165) is 35.6 Å². The molecule has 5 heteroatoms. The average Bonchev–Trinajstić information content (AvgIpc) is 2.91. The lowest BCUT2D eigenvalue weighted by molar-refractivity contribution is 0.0272. The highest BCUT2D eigenvalue weighted by atomic mass is 32.1. The Kier molecular flexibility index (Phi) is 2.85. The van der Waals surface area contributed by atoms with E-state index in [-0.39, 0.29) is 5.60 Å². The smallest absolute Gasteiger partial charge is 0.180 e. The summed E-state index contributed by atoms with van der Waals surface area (Å²) in [4.78, 5) is 5.77. The van der Waals surface area contributed by atoms with Crippen LogP contribution in [0, 0.1) is 0 Å². The second kappa shape index (κ2) is 4.63. The highest BCUT2D eigenvalue weighted by molar-refractivity contribution is 7.16. The van der Waals surface area contributed by atoms with Crippen molar-refractivity contribution in [1.82, 2.24) is 4.98 Å². The summed E-state index contributed by atoms with van der Waals surface area (Å²) in [5, 5.41) is 0.615. The number of nitrogen functional groups attached to an aromatic ring is 1. The van der Waals surface area contributed by atoms with E-state index in [0.29, 0.717) is 5.13 Å². The van der Waals surface area contributed by atoms with Crippen LogP contribution in [0.2, 0.25) is 0 Å². The van der Waals surface area contributed by atoms with Crippen molar-refractivity contribution in [3.63, 3.8) is 0 Å². The molecule has 2 heterocycles. The zero-order valence-corrected chi connectivity index (χ0v) is 12.8. The fraction of sp³-hybridized carbons (Fsp3) is 0.438. The van der Waals surface area contributed by atoms with E-state index in [2.05, 4.69) is 4.98 Å². The summed E-state index contributed by atoms with van der Waals surface area (Å²) in [6, 6.07) is 5.92. The highest BCUT2D eigenvalue weighted by Crippen LogP contribution is 2.53. The number of nitrogens with two attached hydrogens (primary N) is 1. The maximum Gasteiger partial charge on any atom is 0.180 e. The van der Waals surface area contributed by atoms with Crippen LogP contribution in [0.4, 0.5) is 5.13 Å². The first-order valence-electron chi connectivity index (χ1n) is 7.36. The minimum absolute atomic E-state index is 0.218. The molecular weight excluding hydrogens is 284 g/mol. The quantitative estimate of drug-likeness (QED) is 0.866. The van der Waals surface area contributed by atoms with Gasteiger partial charge in [0.15, 0.2) is 5.13 Å². The highest BCUT2D eigenvalue weighted by Gasteiger charge is 2.44. The molecule has 0 atom stereocenters. The molecule has 1 aliphatic carbocycles. The molecule has 110 valence electrons. The van der Waals surface area contributed by atoms with Crippen molar-refractivity contribution >= 4 is 16.5 Å². The molecule has 1 spiro atoms. The standard InChI is InChI=1S/C16H18N2O2S/c1-19-10-5-6-12-11(9-10)13-14(21-15(17)18-13)16(20-12)7-3-2-4-8-16/h5-6,9H,2-4,7-8H2,1H3,(H2,17,18). The Balaban J connectivity index is 1.91. The number of fused-ring (bicyclic) bond motifs is 4. The van der Waals surface area contributed by atoms with Crippen LogP contribution in [0.1, 0.15) is 37.0 Å². The predicted molar refractivity (Wildman–Crippen MR) is 83.9 cm³/mol. The number of benzene rings is 1. The molecule has 1 fully saturated rings. The van der Waals surface area contributed by atoms with Crippen molar-refractivity contribution in [3.05, 3.63) is 23.1 Å². The molecule has 0 unspecified atom stereocenters. The Labute approximate surface area is 127 Å². The van der Waals surface area contributed by atoms with Gasteiger partial charge >= 0.3 is 0 Å². The van der Waals surface area contributed by atoms with E-state index in [1.54, 1.807) is 18.4 Å². The Morgan fingerprint density at radius 3 is 2.86 bits per heavy atom. The number of rotatable bonds is 1. The molecule has 4 nitrogen and oxygen atoms in total. The molecule has 2 N–H and O–H groups in total. The second-order valence-corrected chi connectivity index (χ2v) is 6.78. The molecule has 1 aliphatic heterocycles. The summed E-state index contributed by atoms with van der Waals surface area (Å²) in [5.41, 5.74) is 7.76. The fourth-order valence-electron chi connectivity index (χ4n) is 3.45. The van der Waals surface area contributed by atoms with Crippen LogP contribution in [0.5, 0.6) is 11.5 Å². The van der Waals surface area contributed by atoms with Gasteiger partial charge in [-0.25, -0.2) is 4.98 Å². The minimum Gasteiger partial charge on any atom is -0.497 e. The first-order chi connectivity index (χ1) is 10.2. The molecule has 1 saturated carbocycles. The topological polar surface area (TPSA) is 57.4 Å². The molecule has 1 aromatic carbocycles. The lowest BCUT2D eigenvalue weighted by Gasteiger charge is -2.40. The molecule has 0 saturated heterocycles. The molecule has 1 aromatic heterocycles. The SMILES string of the molecule is COc1ccc2c(c1)-c1nc(N)sc1C1(CCCCC1)O2. The van der Waals surface area contributed by atoms with Crippen LogP contribution in [0.25, 0.3) is 11.3 Å². The first-order valence-corrected chi connectivity index (χ1v) is 8.18. The van der Waals surface area contributed by atoms with Crippen molar-refractivity contribution in [3.8, 4) is 22.8 Å². The van der Waals surface area contributed by atoms with Gasteiger partial charge in [0, 0.05) is 5.56 Å². The van der Waals surface area contributed by atoms with Gasteiger partial charge in [-0.1, -0.05) is 17.8 Å². The third-order valence-electron chi connectivity index (χ3n) is 4.47. The van der Waals surface area contributed by atoms with E-state index in [1.807, 2.05) is 18.2 Å². The molecule has 4 rings (SSSR count). The minimum atomic E-state index is -0.218. The fourth-order valence-corrected chi connectivity index (χ4v) is 4.48. The summed E-state index contributed by atoms with van der Waals surface area (Å²) >= 11 is 1.57. The maximum absolute atomic E-state index is 6.46. The van der Waals surface area contributed by atoms with Gasteiger partial charge in [0.2, 0.25) is 0 Å². The third-order valence-corrected chi connectivity index (χ3v) is 5.54. The van der Waals surface area contributed by atoms with Gasteiger partial charge in [-0.3, -0.25) is 0 Å². The summed E-state index contributed by atoms with van der Waals surface area (Å²) in [7, 11) is 1.67. The lowest BCUT2D eigenvalue weighted by atomic mass is 9.80. The van der Waals surface area contributed by atoms with Gasteiger partial charge in [0.25, 0.3) is 0 Å². The van der Waals surface area contributed by atoms with Gasteiger partial charge in [-0.2, -0.15) is 0 Å². The Bertz CT molecular complexity index is 690. The largest absolute Gasteiger partial charge is 0.497 e. The van der Waals surface area contributed by atoms with Crippen LogP contribution in [0.15, 0.2) is 18.2 Å². The number of methoxy groups -OCH3 is 1. The van der Waals surface area contributed by atoms with E-state index in [4.69, 9.17) is 15.2 Å². The van der Waals surface area contributed by atoms with Crippen molar-refractivity contribution in [2.24, 2.45) is 0 Å². The van der Waals surface area contributed by atoms with Crippen molar-refractivity contribution in [2.75, 3.05) is 12.8 Å². The van der Waals surface area contributed by atoms with Gasteiger partial charge in [0.05, 0.1) is 17.7 Å². The van der Waals surface area contributed by atoms with Gasteiger partial charge < -0.3 is 15.2 Å². The Morgan fingerprint density at radius 2 is 2.10 bits per heavy atom. The number of ether oxygens (including phenoxy) is 2. The van der Waals surface area contributed by atoms with Crippen molar-refractivity contribution < 1.29 is 9.47 Å². The molecule has 2 aliphatic rings. The molecule has 0 radical (unpaired) electrons. The summed E-state index contributed by atoms with van der Waals surface area (Å²) in [6.45, 7) is 0. The van der Waals surface area contributed by atoms with Gasteiger partial charge in [-0.15, -0.1) is 0 Å². The van der Waals surface area contributed by atoms with Crippen LogP contribution in [0.3, 0.4) is 0 Å². The van der Waals surface area contributed by atoms with E-state index >= 15 is 0 Å². The summed E-state index contributed by atoms with van der Waals surface area (Å²) in [5.74, 6) is 1.71. The summed E-state index contributed by atoms with van der Waals surface area (Å²) in [6.07, 6.45) is 5.77. The molecule has 0 bridgehead atoms. The lowest BCUT2D eigenvalue weighted by Crippen LogP contribution is -2.37. The Morgan fingerprint density at radius 1 is 1.29 bits per heavy atom. The second-order valence-electron chi connectivity index (χ2n) is 5.75. The first kappa shape index (κ1) is 13.0. The summed E-state index contributed by atoms with van der Waals surface area (Å²) < 4.78 is 11.8. The molecule has 2 aromatic rings. The van der Waals surface area contributed by atoms with Gasteiger partial charge in [-0.05, 0) is 43.9 Å². The van der Waals surface area contributed by atoms with Crippen LogP contribution in [-0.4, -0.2) is 12.1 Å². The number of anilines is 1. The maximum atomic E-state index is 6.46. The van der Waals surface area contributed by atoms with E-state index < -0.39 is 0 Å². The number of nitrogens with zero attached hydrogens (tertiary/aromatic N) is 1. The van der Waals surface area contributed by atoms with Crippen LogP contribution in [-0.2, 0) is 5.60 Å². The average molecular weight is 302 g/mol. The number of hydrogen-bond donors (Lipinski definition) is 1. The normalized spacial score (nSPS) is 18.7. The monoisotopic (exact) mass is 302 g/mol. The van der Waals surface area contributed by atoms with Crippen LogP contribution >= 0.6 is 11.3 Å². The van der Waals surface area contributed by atoms with Crippen LogP contribution < -0.4 is 15.2 Å². The van der Waals surface area contributed by atoms with E-state index in [1.165, 1.54) is 24.1 Å². The van der Waals surface area contributed by atoms with Crippen molar-refractivity contribution in [2.45, 2.75) is 37.7 Å². The zero-order chi connectivity index (χ0) is 14.4. The van der Waals surface area contributed by atoms with E-state index in [9.17, 15) is 0 Å². The molecule has 0 amide bonds. The number of thiazole rings is 1. The molecule has 21 heavy (non-hydrogen) atoms. The molecular formula is C16H18N2O2S. The zero-order valence-electron chi connectivity index (χ0n) is 12.0. The third kappa shape index (κ3) is 1.91. The number of aromatic nitrogens is 1.